The molecule has 1 aromatic rings. The van der Waals surface area contributed by atoms with Gasteiger partial charge in [0.1, 0.15) is 5.82 Å². The van der Waals surface area contributed by atoms with Gasteiger partial charge in [0.25, 0.3) is 0 Å². The lowest BCUT2D eigenvalue weighted by Crippen LogP contribution is -2.22. The van der Waals surface area contributed by atoms with Crippen LogP contribution in [0.25, 0.3) is 0 Å². The third kappa shape index (κ3) is 3.27. The molecule has 0 radical (unpaired) electrons. The Kier molecular flexibility index (Phi) is 4.66. The summed E-state index contributed by atoms with van der Waals surface area (Å²) in [4.78, 5) is 11.4. The summed E-state index contributed by atoms with van der Waals surface area (Å²) in [5.41, 5.74) is 2.57. The lowest BCUT2D eigenvalue weighted by Gasteiger charge is -2.18. The Labute approximate surface area is 110 Å². The lowest BCUT2D eigenvalue weighted by molar-refractivity contribution is 0.389. The highest BCUT2D eigenvalue weighted by molar-refractivity contribution is 5.23. The van der Waals surface area contributed by atoms with E-state index in [1.54, 1.807) is 0 Å². The third-order valence-corrected chi connectivity index (χ3v) is 3.39. The molecule has 0 spiro atoms. The number of fused-ring (bicyclic) bond motifs is 1. The van der Waals surface area contributed by atoms with E-state index in [1.165, 1.54) is 30.5 Å². The second kappa shape index (κ2) is 6.25. The molecule has 4 nitrogen and oxygen atoms in total. The summed E-state index contributed by atoms with van der Waals surface area (Å²) < 4.78 is 0. The SMILES string of the molecule is CCNC1CCCCc2nc(CN(C)C)ncc21. The summed E-state index contributed by atoms with van der Waals surface area (Å²) in [6.45, 7) is 3.98. The summed E-state index contributed by atoms with van der Waals surface area (Å²) in [6, 6.07) is 0.445. The van der Waals surface area contributed by atoms with Gasteiger partial charge in [-0.3, -0.25) is 0 Å². The second-order valence-corrected chi connectivity index (χ2v) is 5.28. The van der Waals surface area contributed by atoms with Gasteiger partial charge in [-0.05, 0) is 39.9 Å². The van der Waals surface area contributed by atoms with Gasteiger partial charge >= 0.3 is 0 Å². The molecule has 0 aromatic carbocycles. The number of hydrogen-bond donors (Lipinski definition) is 1. The first kappa shape index (κ1) is 13.4. The normalized spacial score (nSPS) is 19.7. The number of nitrogens with zero attached hydrogens (tertiary/aromatic N) is 3. The van der Waals surface area contributed by atoms with E-state index < -0.39 is 0 Å². The summed E-state index contributed by atoms with van der Waals surface area (Å²) in [7, 11) is 4.10. The Morgan fingerprint density at radius 2 is 2.22 bits per heavy atom. The molecule has 18 heavy (non-hydrogen) atoms. The minimum atomic E-state index is 0.445. The zero-order valence-electron chi connectivity index (χ0n) is 11.7. The molecule has 1 aromatic heterocycles. The zero-order chi connectivity index (χ0) is 13.0. The molecule has 100 valence electrons. The molecule has 1 unspecified atom stereocenters. The molecule has 1 heterocycles. The molecule has 1 N–H and O–H groups in total. The predicted molar refractivity (Wildman–Crippen MR) is 73.4 cm³/mol. The highest BCUT2D eigenvalue weighted by Gasteiger charge is 2.19. The summed E-state index contributed by atoms with van der Waals surface area (Å²) in [6.07, 6.45) is 6.86. The molecule has 0 bridgehead atoms. The standard InChI is InChI=1S/C14H24N4/c1-4-15-12-7-5-6-8-13-11(12)9-16-14(17-13)10-18(2)3/h9,12,15H,4-8,10H2,1-3H3. The van der Waals surface area contributed by atoms with Crippen molar-refractivity contribution in [1.29, 1.82) is 0 Å². The van der Waals surface area contributed by atoms with Crippen LogP contribution in [0.15, 0.2) is 6.20 Å². The molecule has 4 heteroatoms. The first-order valence-corrected chi connectivity index (χ1v) is 6.93. The smallest absolute Gasteiger partial charge is 0.142 e. The molecule has 1 aliphatic rings. The number of hydrogen-bond acceptors (Lipinski definition) is 4. The molecular formula is C14H24N4. The maximum Gasteiger partial charge on any atom is 0.142 e. The number of aromatic nitrogens is 2. The molecule has 1 aliphatic carbocycles. The van der Waals surface area contributed by atoms with Gasteiger partial charge in [-0.1, -0.05) is 13.3 Å². The first-order chi connectivity index (χ1) is 8.70. The molecule has 0 aliphatic heterocycles. The number of rotatable bonds is 4. The fraction of sp³-hybridized carbons (Fsp3) is 0.714. The van der Waals surface area contributed by atoms with Crippen molar-refractivity contribution in [3.63, 3.8) is 0 Å². The Bertz CT molecular complexity index is 389. The van der Waals surface area contributed by atoms with Gasteiger partial charge in [-0.15, -0.1) is 0 Å². The average Bonchev–Trinajstić information content (AvgIpc) is 2.51. The van der Waals surface area contributed by atoms with E-state index in [0.29, 0.717) is 6.04 Å². The van der Waals surface area contributed by atoms with Crippen molar-refractivity contribution in [1.82, 2.24) is 20.2 Å². The van der Waals surface area contributed by atoms with Gasteiger partial charge in [0.05, 0.1) is 6.54 Å². The lowest BCUT2D eigenvalue weighted by atomic mass is 10.1. The number of aryl methyl sites for hydroxylation is 1. The van der Waals surface area contributed by atoms with E-state index in [4.69, 9.17) is 4.98 Å². The van der Waals surface area contributed by atoms with Crippen LogP contribution in [0.2, 0.25) is 0 Å². The summed E-state index contributed by atoms with van der Waals surface area (Å²) in [5.74, 6) is 0.941. The molecule has 0 amide bonds. The second-order valence-electron chi connectivity index (χ2n) is 5.28. The van der Waals surface area contributed by atoms with Crippen LogP contribution in [-0.4, -0.2) is 35.5 Å². The minimum Gasteiger partial charge on any atom is -0.310 e. The van der Waals surface area contributed by atoms with Gasteiger partial charge < -0.3 is 10.2 Å². The molecule has 1 atom stereocenters. The maximum absolute atomic E-state index is 4.75. The van der Waals surface area contributed by atoms with Crippen molar-refractivity contribution in [3.05, 3.63) is 23.3 Å². The number of nitrogens with one attached hydrogen (secondary N) is 1. The Balaban J connectivity index is 2.24. The van der Waals surface area contributed by atoms with Gasteiger partial charge in [-0.2, -0.15) is 0 Å². The van der Waals surface area contributed by atoms with Gasteiger partial charge in [0, 0.05) is 23.5 Å². The predicted octanol–water partition coefficient (Wildman–Crippen LogP) is 1.92. The van der Waals surface area contributed by atoms with Crippen LogP contribution in [0.5, 0.6) is 0 Å². The fourth-order valence-electron chi connectivity index (χ4n) is 2.57. The third-order valence-electron chi connectivity index (χ3n) is 3.39. The van der Waals surface area contributed by atoms with E-state index in [0.717, 1.165) is 25.3 Å². The average molecular weight is 248 g/mol. The first-order valence-electron chi connectivity index (χ1n) is 6.93. The topological polar surface area (TPSA) is 41.1 Å². The molecular weight excluding hydrogens is 224 g/mol. The monoisotopic (exact) mass is 248 g/mol. The van der Waals surface area contributed by atoms with Gasteiger partial charge in [-0.25, -0.2) is 9.97 Å². The van der Waals surface area contributed by atoms with Gasteiger partial charge in [0.15, 0.2) is 0 Å². The van der Waals surface area contributed by atoms with E-state index in [9.17, 15) is 0 Å². The molecule has 0 saturated heterocycles. The fourth-order valence-corrected chi connectivity index (χ4v) is 2.57. The Hall–Kier alpha value is -1.00. The van der Waals surface area contributed by atoms with E-state index in [1.807, 2.05) is 6.20 Å². The Morgan fingerprint density at radius 1 is 1.39 bits per heavy atom. The van der Waals surface area contributed by atoms with Crippen molar-refractivity contribution in [3.8, 4) is 0 Å². The van der Waals surface area contributed by atoms with Crippen molar-refractivity contribution in [2.45, 2.75) is 45.2 Å². The highest BCUT2D eigenvalue weighted by Crippen LogP contribution is 2.26. The zero-order valence-corrected chi connectivity index (χ0v) is 11.7. The summed E-state index contributed by atoms with van der Waals surface area (Å²) in [5, 5.41) is 3.55. The van der Waals surface area contributed by atoms with Crippen molar-refractivity contribution >= 4 is 0 Å². The quantitative estimate of drug-likeness (QED) is 0.827. The molecule has 2 rings (SSSR count). The van der Waals surface area contributed by atoms with E-state index >= 15 is 0 Å². The maximum atomic E-state index is 4.75. The van der Waals surface area contributed by atoms with Crippen LogP contribution in [0, 0.1) is 0 Å². The van der Waals surface area contributed by atoms with Crippen molar-refractivity contribution in [2.24, 2.45) is 0 Å². The van der Waals surface area contributed by atoms with Crippen molar-refractivity contribution in [2.75, 3.05) is 20.6 Å². The summed E-state index contributed by atoms with van der Waals surface area (Å²) >= 11 is 0. The van der Waals surface area contributed by atoms with Crippen LogP contribution in [-0.2, 0) is 13.0 Å². The minimum absolute atomic E-state index is 0.445. The Morgan fingerprint density at radius 3 is 2.94 bits per heavy atom. The highest BCUT2D eigenvalue weighted by atomic mass is 15.1. The van der Waals surface area contributed by atoms with Crippen LogP contribution < -0.4 is 5.32 Å². The van der Waals surface area contributed by atoms with Crippen LogP contribution in [0.4, 0.5) is 0 Å². The van der Waals surface area contributed by atoms with Crippen LogP contribution in [0.3, 0.4) is 0 Å². The molecule has 0 saturated carbocycles. The molecule has 0 fully saturated rings. The van der Waals surface area contributed by atoms with Crippen molar-refractivity contribution < 1.29 is 0 Å². The van der Waals surface area contributed by atoms with Crippen LogP contribution >= 0.6 is 0 Å². The van der Waals surface area contributed by atoms with E-state index in [-0.39, 0.29) is 0 Å². The van der Waals surface area contributed by atoms with E-state index in [2.05, 4.69) is 36.2 Å². The largest absolute Gasteiger partial charge is 0.310 e. The van der Waals surface area contributed by atoms with Crippen LogP contribution in [0.1, 0.15) is 49.3 Å². The van der Waals surface area contributed by atoms with Gasteiger partial charge in [0.2, 0.25) is 0 Å².